The third kappa shape index (κ3) is 4.36. The van der Waals surface area contributed by atoms with Crippen LogP contribution in [0, 0.1) is 17.0 Å². The number of nitro groups is 1. The molecular formula is C20H23N4O4S+. The molecule has 0 fully saturated rings. The van der Waals surface area contributed by atoms with E-state index in [1.54, 1.807) is 12.0 Å². The van der Waals surface area contributed by atoms with E-state index in [2.05, 4.69) is 0 Å². The first-order valence-corrected chi connectivity index (χ1v) is 9.93. The van der Waals surface area contributed by atoms with E-state index in [9.17, 15) is 14.9 Å². The largest absolute Gasteiger partial charge is 0.494 e. The van der Waals surface area contributed by atoms with Crippen molar-refractivity contribution in [1.29, 1.82) is 0 Å². The average molecular weight is 415 g/mol. The third-order valence-corrected chi connectivity index (χ3v) is 5.76. The van der Waals surface area contributed by atoms with Gasteiger partial charge in [0.05, 0.1) is 43.9 Å². The van der Waals surface area contributed by atoms with Gasteiger partial charge in [-0.05, 0) is 30.7 Å². The lowest BCUT2D eigenvalue weighted by atomic mass is 10.2. The van der Waals surface area contributed by atoms with Crippen molar-refractivity contribution in [1.82, 2.24) is 4.98 Å². The minimum Gasteiger partial charge on any atom is -0.494 e. The van der Waals surface area contributed by atoms with E-state index in [0.29, 0.717) is 23.0 Å². The van der Waals surface area contributed by atoms with Gasteiger partial charge in [-0.25, -0.2) is 4.98 Å². The summed E-state index contributed by atoms with van der Waals surface area (Å²) in [6.45, 7) is 3.19. The van der Waals surface area contributed by atoms with Crippen LogP contribution in [0.25, 0.3) is 10.2 Å². The number of rotatable bonds is 7. The number of aromatic nitrogens is 1. The summed E-state index contributed by atoms with van der Waals surface area (Å²) in [7, 11) is 5.62. The highest BCUT2D eigenvalue weighted by Gasteiger charge is 2.24. The summed E-state index contributed by atoms with van der Waals surface area (Å²) in [5, 5.41) is 11.5. The minimum absolute atomic E-state index is 0.0498. The molecule has 0 aliphatic carbocycles. The molecule has 0 radical (unpaired) electrons. The molecule has 1 heterocycles. The molecule has 1 N–H and O–H groups in total. The Morgan fingerprint density at radius 2 is 1.93 bits per heavy atom. The standard InChI is InChI=1S/C20H22N4O4S/c1-13-5-10-16(28-4)17-18(13)29-20(21-17)23(12-11-22(2)3)19(25)14-6-8-15(9-7-14)24(26)27/h5-10H,11-12H2,1-4H3/p+1. The van der Waals surface area contributed by atoms with Gasteiger partial charge in [0.2, 0.25) is 0 Å². The number of carbonyl (C=O) groups is 1. The number of amides is 1. The number of likely N-dealkylation sites (N-methyl/N-ethyl adjacent to an activating group) is 1. The Labute approximate surface area is 172 Å². The van der Waals surface area contributed by atoms with Gasteiger partial charge in [-0.3, -0.25) is 19.8 Å². The molecule has 1 aromatic heterocycles. The topological polar surface area (TPSA) is 90.0 Å². The molecular weight excluding hydrogens is 392 g/mol. The highest BCUT2D eigenvalue weighted by Crippen LogP contribution is 2.36. The Morgan fingerprint density at radius 1 is 1.24 bits per heavy atom. The molecule has 0 saturated carbocycles. The first-order chi connectivity index (χ1) is 13.8. The predicted molar refractivity (Wildman–Crippen MR) is 113 cm³/mol. The van der Waals surface area contributed by atoms with Crippen LogP contribution < -0.4 is 14.5 Å². The van der Waals surface area contributed by atoms with Crippen molar-refractivity contribution in [3.8, 4) is 5.75 Å². The van der Waals surface area contributed by atoms with E-state index in [1.807, 2.05) is 33.2 Å². The molecule has 0 spiro atoms. The highest BCUT2D eigenvalue weighted by molar-refractivity contribution is 7.22. The Hall–Kier alpha value is -3.04. The van der Waals surface area contributed by atoms with Gasteiger partial charge in [0.1, 0.15) is 11.3 Å². The molecule has 2 aromatic carbocycles. The second kappa shape index (κ2) is 8.54. The average Bonchev–Trinajstić information content (AvgIpc) is 3.14. The van der Waals surface area contributed by atoms with Crippen LogP contribution >= 0.6 is 11.3 Å². The molecule has 0 atom stereocenters. The Kier molecular flexibility index (Phi) is 6.09. The number of hydrogen-bond donors (Lipinski definition) is 1. The van der Waals surface area contributed by atoms with Crippen molar-refractivity contribution in [3.63, 3.8) is 0 Å². The first kappa shape index (κ1) is 20.7. The Morgan fingerprint density at radius 3 is 2.52 bits per heavy atom. The van der Waals surface area contributed by atoms with Gasteiger partial charge in [0.25, 0.3) is 11.6 Å². The number of thiazole rings is 1. The summed E-state index contributed by atoms with van der Waals surface area (Å²) in [6, 6.07) is 9.48. The van der Waals surface area contributed by atoms with Crippen molar-refractivity contribution in [2.75, 3.05) is 39.2 Å². The summed E-state index contributed by atoms with van der Waals surface area (Å²) in [5.41, 5.74) is 2.12. The van der Waals surface area contributed by atoms with Crippen LogP contribution in [0.15, 0.2) is 36.4 Å². The van der Waals surface area contributed by atoms with Crippen molar-refractivity contribution in [2.45, 2.75) is 6.92 Å². The fourth-order valence-corrected chi connectivity index (χ4v) is 3.96. The van der Waals surface area contributed by atoms with Gasteiger partial charge in [0.15, 0.2) is 5.13 Å². The van der Waals surface area contributed by atoms with E-state index in [4.69, 9.17) is 9.72 Å². The van der Waals surface area contributed by atoms with Crippen molar-refractivity contribution < 1.29 is 19.4 Å². The number of quaternary nitrogens is 1. The number of methoxy groups -OCH3 is 1. The highest BCUT2D eigenvalue weighted by atomic mass is 32.1. The molecule has 0 unspecified atom stereocenters. The van der Waals surface area contributed by atoms with Crippen LogP contribution in [0.5, 0.6) is 5.75 Å². The van der Waals surface area contributed by atoms with Crippen LogP contribution in [0.1, 0.15) is 15.9 Å². The van der Waals surface area contributed by atoms with E-state index < -0.39 is 4.92 Å². The first-order valence-electron chi connectivity index (χ1n) is 9.11. The number of ether oxygens (including phenoxy) is 1. The zero-order chi connectivity index (χ0) is 21.1. The van der Waals surface area contributed by atoms with E-state index >= 15 is 0 Å². The number of benzene rings is 2. The van der Waals surface area contributed by atoms with Gasteiger partial charge in [-0.15, -0.1) is 0 Å². The van der Waals surface area contributed by atoms with Crippen LogP contribution in [0.4, 0.5) is 10.8 Å². The molecule has 0 aliphatic heterocycles. The molecule has 0 saturated heterocycles. The van der Waals surface area contributed by atoms with E-state index in [-0.39, 0.29) is 11.6 Å². The molecule has 152 valence electrons. The summed E-state index contributed by atoms with van der Waals surface area (Å²) in [6.07, 6.45) is 0. The Bertz CT molecular complexity index is 1050. The van der Waals surface area contributed by atoms with Gasteiger partial charge < -0.3 is 9.64 Å². The number of nitrogens with one attached hydrogen (secondary N) is 1. The lowest BCUT2D eigenvalue weighted by Gasteiger charge is -2.20. The molecule has 1 amide bonds. The van der Waals surface area contributed by atoms with Crippen molar-refractivity contribution in [3.05, 3.63) is 57.6 Å². The summed E-state index contributed by atoms with van der Waals surface area (Å²) in [4.78, 5) is 31.2. The number of nitrogens with zero attached hydrogens (tertiary/aromatic N) is 3. The number of anilines is 1. The molecule has 3 aromatic rings. The fraction of sp³-hybridized carbons (Fsp3) is 0.300. The lowest BCUT2D eigenvalue weighted by molar-refractivity contribution is -0.856. The number of hydrogen-bond acceptors (Lipinski definition) is 6. The number of non-ortho nitro benzene ring substituents is 1. The SMILES string of the molecule is COc1ccc(C)c2sc(N(CC[NH+](C)C)C(=O)c3ccc([N+](=O)[O-])cc3)nc12. The van der Waals surface area contributed by atoms with E-state index in [0.717, 1.165) is 22.3 Å². The number of nitro benzene ring substituents is 1. The van der Waals surface area contributed by atoms with Gasteiger partial charge in [0, 0.05) is 17.7 Å². The summed E-state index contributed by atoms with van der Waals surface area (Å²) >= 11 is 1.44. The molecule has 3 rings (SSSR count). The van der Waals surface area contributed by atoms with Crippen molar-refractivity contribution in [2.24, 2.45) is 0 Å². The van der Waals surface area contributed by atoms with E-state index in [1.165, 1.54) is 40.5 Å². The fourth-order valence-electron chi connectivity index (χ4n) is 2.88. The maximum absolute atomic E-state index is 13.2. The van der Waals surface area contributed by atoms with Crippen LogP contribution in [0.2, 0.25) is 0 Å². The number of carbonyl (C=O) groups excluding carboxylic acids is 1. The summed E-state index contributed by atoms with van der Waals surface area (Å²) in [5.74, 6) is 0.422. The minimum atomic E-state index is -0.482. The second-order valence-corrected chi connectivity index (χ2v) is 7.95. The van der Waals surface area contributed by atoms with Gasteiger partial charge in [-0.2, -0.15) is 0 Å². The van der Waals surface area contributed by atoms with Crippen molar-refractivity contribution >= 4 is 38.3 Å². The maximum Gasteiger partial charge on any atom is 0.269 e. The molecule has 0 bridgehead atoms. The molecule has 8 nitrogen and oxygen atoms in total. The van der Waals surface area contributed by atoms with Crippen LogP contribution in [0.3, 0.4) is 0 Å². The second-order valence-electron chi connectivity index (χ2n) is 6.98. The number of aryl methyl sites for hydroxylation is 1. The van der Waals surface area contributed by atoms with Crippen LogP contribution in [-0.4, -0.2) is 50.1 Å². The maximum atomic E-state index is 13.2. The smallest absolute Gasteiger partial charge is 0.269 e. The predicted octanol–water partition coefficient (Wildman–Crippen LogP) is 2.31. The zero-order valence-corrected chi connectivity index (χ0v) is 17.6. The van der Waals surface area contributed by atoms with Crippen LogP contribution in [-0.2, 0) is 0 Å². The third-order valence-electron chi connectivity index (χ3n) is 4.55. The normalized spacial score (nSPS) is 11.1. The quantitative estimate of drug-likeness (QED) is 0.472. The lowest BCUT2D eigenvalue weighted by Crippen LogP contribution is -3.06. The number of fused-ring (bicyclic) bond motifs is 1. The Balaban J connectivity index is 2.03. The zero-order valence-electron chi connectivity index (χ0n) is 16.8. The molecule has 9 heteroatoms. The van der Waals surface area contributed by atoms with Gasteiger partial charge in [-0.1, -0.05) is 17.4 Å². The van der Waals surface area contributed by atoms with Gasteiger partial charge >= 0.3 is 0 Å². The molecule has 0 aliphatic rings. The monoisotopic (exact) mass is 415 g/mol. The molecule has 29 heavy (non-hydrogen) atoms. The summed E-state index contributed by atoms with van der Waals surface area (Å²) < 4.78 is 6.40.